The van der Waals surface area contributed by atoms with Crippen molar-refractivity contribution in [3.8, 4) is 0 Å². The first-order valence-corrected chi connectivity index (χ1v) is 3.61. The molecule has 0 unspecified atom stereocenters. The van der Waals surface area contributed by atoms with E-state index < -0.39 is 35.4 Å². The first kappa shape index (κ1) is 11.3. The molecule has 12 heteroatoms. The van der Waals surface area contributed by atoms with Crippen molar-refractivity contribution < 1.29 is 15.3 Å². The Morgan fingerprint density at radius 3 is 1.73 bits per heavy atom. The number of hydrogen-bond donors (Lipinski definition) is 1. The summed E-state index contributed by atoms with van der Waals surface area (Å²) in [5.41, 5.74) is 0. The summed E-state index contributed by atoms with van der Waals surface area (Å²) in [4.78, 5) is 20.7. The number of hydrazine groups is 3. The molecule has 12 nitrogen and oxygen atoms in total. The van der Waals surface area contributed by atoms with Gasteiger partial charge in [0.25, 0.3) is 0 Å². The van der Waals surface area contributed by atoms with Crippen LogP contribution < -0.4 is 0 Å². The van der Waals surface area contributed by atoms with Crippen LogP contribution in [0.1, 0.15) is 0 Å². The lowest BCUT2D eigenvalue weighted by Crippen LogP contribution is -2.60. The molecule has 1 saturated heterocycles. The van der Waals surface area contributed by atoms with E-state index in [9.17, 15) is 25.4 Å². The minimum absolute atomic E-state index is 0.410. The number of nitro groups is 2. The predicted octanol–water partition coefficient (Wildman–Crippen LogP) is -1.73. The predicted molar refractivity (Wildman–Crippen MR) is 41.1 cm³/mol. The minimum atomic E-state index is -0.897. The molecule has 1 aliphatic heterocycles. The molecule has 0 spiro atoms. The molecule has 0 aromatic heterocycles. The van der Waals surface area contributed by atoms with E-state index in [0.29, 0.717) is 15.0 Å². The largest absolute Gasteiger partial charge is 0.748 e. The summed E-state index contributed by atoms with van der Waals surface area (Å²) in [6, 6.07) is 0. The van der Waals surface area contributed by atoms with Gasteiger partial charge >= 0.3 is 0 Å². The van der Waals surface area contributed by atoms with Crippen molar-refractivity contribution >= 4 is 0 Å². The zero-order valence-corrected chi connectivity index (χ0v) is 7.29. The van der Waals surface area contributed by atoms with Crippen molar-refractivity contribution in [2.75, 3.05) is 20.0 Å². The van der Waals surface area contributed by atoms with E-state index in [1.54, 1.807) is 0 Å². The van der Waals surface area contributed by atoms with Gasteiger partial charge in [-0.1, -0.05) is 10.0 Å². The smallest absolute Gasteiger partial charge is 0.211 e. The van der Waals surface area contributed by atoms with Crippen molar-refractivity contribution in [3.63, 3.8) is 0 Å². The zero-order chi connectivity index (χ0) is 11.6. The fourth-order valence-corrected chi connectivity index (χ4v) is 1.01. The van der Waals surface area contributed by atoms with Crippen LogP contribution in [0.2, 0.25) is 0 Å². The van der Waals surface area contributed by atoms with Crippen molar-refractivity contribution in [2.24, 2.45) is 0 Å². The second-order valence-electron chi connectivity index (χ2n) is 2.67. The molecular formula is C3H7N6O6-. The van der Waals surface area contributed by atoms with E-state index in [1.807, 2.05) is 0 Å². The van der Waals surface area contributed by atoms with Crippen molar-refractivity contribution in [2.45, 2.75) is 0 Å². The minimum Gasteiger partial charge on any atom is -0.748 e. The average Bonchev–Trinajstić information content (AvgIpc) is 2.16. The van der Waals surface area contributed by atoms with Gasteiger partial charge in [0.05, 0.1) is 0 Å². The zero-order valence-electron chi connectivity index (χ0n) is 7.29. The number of nitrogens with zero attached hydrogens (tertiary/aromatic N) is 6. The Bertz CT molecular complexity index is 248. The second kappa shape index (κ2) is 4.18. The first-order valence-electron chi connectivity index (χ1n) is 3.61. The van der Waals surface area contributed by atoms with E-state index in [1.165, 1.54) is 0 Å². The topological polar surface area (TPSA) is 143 Å². The molecule has 0 aliphatic carbocycles. The molecule has 15 heavy (non-hydrogen) atoms. The van der Waals surface area contributed by atoms with Gasteiger partial charge in [-0.3, -0.25) is 0 Å². The lowest BCUT2D eigenvalue weighted by atomic mass is 10.7. The maximum Gasteiger partial charge on any atom is 0.211 e. The molecule has 0 amide bonds. The van der Waals surface area contributed by atoms with E-state index in [0.717, 1.165) is 0 Å². The van der Waals surface area contributed by atoms with Crippen molar-refractivity contribution in [1.82, 2.24) is 20.4 Å². The lowest BCUT2D eigenvalue weighted by Gasteiger charge is -2.39. The maximum absolute atomic E-state index is 10.4. The molecule has 0 aromatic carbocycles. The van der Waals surface area contributed by atoms with E-state index in [4.69, 9.17) is 5.21 Å². The summed E-state index contributed by atoms with van der Waals surface area (Å²) < 4.78 is 0. The Kier molecular flexibility index (Phi) is 3.15. The third-order valence-electron chi connectivity index (χ3n) is 1.68. The van der Waals surface area contributed by atoms with E-state index >= 15 is 0 Å². The molecule has 0 radical (unpaired) electrons. The average molecular weight is 223 g/mol. The molecule has 1 N–H and O–H groups in total. The summed E-state index contributed by atoms with van der Waals surface area (Å²) >= 11 is 0. The van der Waals surface area contributed by atoms with Crippen LogP contribution in [0.5, 0.6) is 0 Å². The van der Waals surface area contributed by atoms with Crippen LogP contribution in [-0.2, 0) is 0 Å². The van der Waals surface area contributed by atoms with Gasteiger partial charge in [-0.25, -0.2) is 20.2 Å². The molecule has 0 bridgehead atoms. The van der Waals surface area contributed by atoms with Gasteiger partial charge in [-0.15, -0.1) is 0 Å². The third kappa shape index (κ3) is 2.59. The lowest BCUT2D eigenvalue weighted by molar-refractivity contribution is -0.732. The highest BCUT2D eigenvalue weighted by Crippen LogP contribution is 2.08. The van der Waals surface area contributed by atoms with Crippen molar-refractivity contribution in [1.29, 1.82) is 0 Å². The molecule has 1 fully saturated rings. The van der Waals surface area contributed by atoms with Gasteiger partial charge in [0.1, 0.15) is 13.3 Å². The van der Waals surface area contributed by atoms with Gasteiger partial charge < -0.3 is 10.4 Å². The van der Waals surface area contributed by atoms with Gasteiger partial charge in [0.2, 0.25) is 6.67 Å². The summed E-state index contributed by atoms with van der Waals surface area (Å²) in [5.74, 6) is 0. The molecular weight excluding hydrogens is 216 g/mol. The summed E-state index contributed by atoms with van der Waals surface area (Å²) in [5, 5.41) is 38.4. The van der Waals surface area contributed by atoms with Gasteiger partial charge in [0, 0.05) is 0 Å². The molecule has 0 aromatic rings. The van der Waals surface area contributed by atoms with Gasteiger partial charge in [0.15, 0.2) is 10.1 Å². The fourth-order valence-electron chi connectivity index (χ4n) is 1.01. The Morgan fingerprint density at radius 1 is 1.07 bits per heavy atom. The monoisotopic (exact) mass is 223 g/mol. The van der Waals surface area contributed by atoms with Gasteiger partial charge in [-0.2, -0.15) is 10.3 Å². The van der Waals surface area contributed by atoms with Crippen LogP contribution >= 0.6 is 0 Å². The fraction of sp³-hybridized carbons (Fsp3) is 1.00. The Morgan fingerprint density at radius 2 is 1.47 bits per heavy atom. The van der Waals surface area contributed by atoms with E-state index in [-0.39, 0.29) is 0 Å². The molecule has 1 aliphatic rings. The van der Waals surface area contributed by atoms with Crippen LogP contribution in [0.3, 0.4) is 0 Å². The third-order valence-corrected chi connectivity index (χ3v) is 1.68. The highest BCUT2D eigenvalue weighted by Gasteiger charge is 2.34. The van der Waals surface area contributed by atoms with Crippen LogP contribution in [0.15, 0.2) is 0 Å². The Balaban J connectivity index is 2.72. The Labute approximate surface area is 82.2 Å². The van der Waals surface area contributed by atoms with Crippen LogP contribution in [0.25, 0.3) is 0 Å². The first-order chi connectivity index (χ1) is 6.91. The van der Waals surface area contributed by atoms with Crippen LogP contribution in [-0.4, -0.2) is 55.6 Å². The Hall–Kier alpha value is -1.76. The maximum atomic E-state index is 10.4. The summed E-state index contributed by atoms with van der Waals surface area (Å²) in [6.07, 6.45) is 0. The summed E-state index contributed by atoms with van der Waals surface area (Å²) in [7, 11) is 0. The SMILES string of the molecule is O=[N+]([O-])N1CN(N([O-])O)CN([N+](=O)[O-])C1. The molecule has 1 heterocycles. The standard InChI is InChI=1S/C3H7N6O6/c10-7(11)4-1-5(8(12)13)3-6(2-4)9(14)15/h10H,1-3H2/q-1. The number of rotatable bonds is 3. The summed E-state index contributed by atoms with van der Waals surface area (Å²) in [6.45, 7) is -1.63. The van der Waals surface area contributed by atoms with E-state index in [2.05, 4.69) is 0 Å². The van der Waals surface area contributed by atoms with Crippen LogP contribution in [0.4, 0.5) is 0 Å². The van der Waals surface area contributed by atoms with Crippen molar-refractivity contribution in [3.05, 3.63) is 25.4 Å². The highest BCUT2D eigenvalue weighted by molar-refractivity contribution is 4.54. The normalized spacial score (nSPS) is 18.3. The second-order valence-corrected chi connectivity index (χ2v) is 2.67. The quantitative estimate of drug-likeness (QED) is 0.432. The number of hydrogen-bond acceptors (Lipinski definition) is 8. The highest BCUT2D eigenvalue weighted by atomic mass is 16.8. The van der Waals surface area contributed by atoms with Gasteiger partial charge in [-0.05, 0) is 0 Å². The molecule has 1 rings (SSSR count). The molecule has 86 valence electrons. The van der Waals surface area contributed by atoms with Crippen LogP contribution in [0, 0.1) is 25.4 Å². The molecule has 0 saturated carbocycles. The molecule has 0 atom stereocenters.